The van der Waals surface area contributed by atoms with E-state index in [1.54, 1.807) is 20.0 Å². The third kappa shape index (κ3) is 4.56. The van der Waals surface area contributed by atoms with Gasteiger partial charge in [0, 0.05) is 12.7 Å². The molecule has 0 aliphatic carbocycles. The number of amides is 3. The quantitative estimate of drug-likeness (QED) is 0.776. The maximum absolute atomic E-state index is 11.8. The molecule has 1 heterocycles. The van der Waals surface area contributed by atoms with Gasteiger partial charge in [0.15, 0.2) is 0 Å². The van der Waals surface area contributed by atoms with Gasteiger partial charge in [0.25, 0.3) is 0 Å². The summed E-state index contributed by atoms with van der Waals surface area (Å²) in [5.41, 5.74) is 0.616. The number of hydrogen-bond acceptors (Lipinski definition) is 4. The monoisotopic (exact) mass is 281 g/mol. The Balaban J connectivity index is 2.57. The summed E-state index contributed by atoms with van der Waals surface area (Å²) >= 11 is 0. The van der Waals surface area contributed by atoms with Crippen LogP contribution in [0.4, 0.5) is 10.5 Å². The van der Waals surface area contributed by atoms with Gasteiger partial charge in [-0.05, 0) is 34.6 Å². The third-order valence-corrected chi connectivity index (χ3v) is 2.62. The molecule has 3 amide bonds. The smallest absolute Gasteiger partial charge is 0.321 e. The molecule has 0 unspecified atom stereocenters. The van der Waals surface area contributed by atoms with Gasteiger partial charge in [-0.25, -0.2) is 4.79 Å². The highest BCUT2D eigenvalue weighted by Crippen LogP contribution is 2.16. The Labute approximate surface area is 119 Å². The highest BCUT2D eigenvalue weighted by Gasteiger charge is 2.18. The lowest BCUT2D eigenvalue weighted by molar-refractivity contribution is -0.120. The molecule has 3 N–H and O–H groups in total. The van der Waals surface area contributed by atoms with Gasteiger partial charge in [-0.1, -0.05) is 0 Å². The maximum atomic E-state index is 11.8. The van der Waals surface area contributed by atoms with Crippen LogP contribution in [0, 0.1) is 0 Å². The van der Waals surface area contributed by atoms with Crippen molar-refractivity contribution in [3.05, 3.63) is 12.4 Å². The predicted octanol–water partition coefficient (Wildman–Crippen LogP) is 1.28. The molecular weight excluding hydrogens is 258 g/mol. The van der Waals surface area contributed by atoms with E-state index in [9.17, 15) is 9.59 Å². The third-order valence-electron chi connectivity index (χ3n) is 2.62. The number of anilines is 1. The average molecular weight is 281 g/mol. The van der Waals surface area contributed by atoms with Crippen LogP contribution in [0.2, 0.25) is 0 Å². The van der Waals surface area contributed by atoms with E-state index >= 15 is 0 Å². The minimum Gasteiger partial charge on any atom is -0.371 e. The summed E-state index contributed by atoms with van der Waals surface area (Å²) in [5, 5.41) is 12.0. The second kappa shape index (κ2) is 6.40. The Kier molecular flexibility index (Phi) is 5.12. The van der Waals surface area contributed by atoms with E-state index in [1.165, 1.54) is 0 Å². The lowest BCUT2D eigenvalue weighted by atomic mass is 10.1. The van der Waals surface area contributed by atoms with Crippen molar-refractivity contribution in [2.24, 2.45) is 0 Å². The van der Waals surface area contributed by atoms with Crippen LogP contribution in [0.25, 0.3) is 0 Å². The van der Waals surface area contributed by atoms with Crippen molar-refractivity contribution in [1.29, 1.82) is 0 Å². The summed E-state index contributed by atoms with van der Waals surface area (Å²) in [7, 11) is 0. The normalized spacial score (nSPS) is 12.7. The number of nitrogens with one attached hydrogen (secondary N) is 3. The molecule has 1 aromatic rings. The van der Waals surface area contributed by atoms with Gasteiger partial charge in [0.1, 0.15) is 6.04 Å². The van der Waals surface area contributed by atoms with E-state index in [4.69, 9.17) is 0 Å². The molecule has 0 saturated heterocycles. The molecule has 7 heteroatoms. The number of urea groups is 1. The summed E-state index contributed by atoms with van der Waals surface area (Å²) in [6, 6.07) is -1.02. The average Bonchev–Trinajstić information content (AvgIpc) is 2.77. The maximum Gasteiger partial charge on any atom is 0.321 e. The lowest BCUT2D eigenvalue weighted by Gasteiger charge is -2.19. The summed E-state index contributed by atoms with van der Waals surface area (Å²) in [6.45, 7) is 10.0. The second-order valence-corrected chi connectivity index (χ2v) is 5.56. The number of nitrogens with zero attached hydrogens (tertiary/aromatic N) is 2. The van der Waals surface area contributed by atoms with Crippen molar-refractivity contribution < 1.29 is 9.59 Å². The largest absolute Gasteiger partial charge is 0.371 e. The van der Waals surface area contributed by atoms with Gasteiger partial charge in [0.05, 0.1) is 17.4 Å². The zero-order chi connectivity index (χ0) is 15.3. The summed E-state index contributed by atoms with van der Waals surface area (Å²) in [5.74, 6) is -0.389. The molecule has 20 heavy (non-hydrogen) atoms. The first-order valence-corrected chi connectivity index (χ1v) is 6.64. The number of carbonyl (C=O) groups is 2. The van der Waals surface area contributed by atoms with Crippen molar-refractivity contribution in [2.45, 2.75) is 46.2 Å². The first kappa shape index (κ1) is 16.0. The van der Waals surface area contributed by atoms with Crippen LogP contribution in [-0.4, -0.2) is 34.3 Å². The van der Waals surface area contributed by atoms with E-state index in [0.717, 1.165) is 5.69 Å². The van der Waals surface area contributed by atoms with Crippen LogP contribution in [0.1, 0.15) is 34.6 Å². The van der Waals surface area contributed by atoms with E-state index in [2.05, 4.69) is 21.0 Å². The van der Waals surface area contributed by atoms with Crippen molar-refractivity contribution in [2.75, 3.05) is 11.9 Å². The van der Waals surface area contributed by atoms with Crippen LogP contribution in [0.3, 0.4) is 0 Å². The highest BCUT2D eigenvalue weighted by molar-refractivity contribution is 5.97. The lowest BCUT2D eigenvalue weighted by Crippen LogP contribution is -2.45. The molecule has 0 radical (unpaired) electrons. The Morgan fingerprint density at radius 1 is 1.40 bits per heavy atom. The zero-order valence-corrected chi connectivity index (χ0v) is 12.7. The minimum atomic E-state index is -0.532. The van der Waals surface area contributed by atoms with Crippen molar-refractivity contribution >= 4 is 17.6 Å². The van der Waals surface area contributed by atoms with Crippen LogP contribution in [-0.2, 0) is 10.3 Å². The van der Waals surface area contributed by atoms with Crippen LogP contribution in [0.5, 0.6) is 0 Å². The van der Waals surface area contributed by atoms with Gasteiger partial charge < -0.3 is 10.6 Å². The number of aromatic nitrogens is 2. The molecule has 112 valence electrons. The van der Waals surface area contributed by atoms with Crippen LogP contribution < -0.4 is 16.0 Å². The summed E-state index contributed by atoms with van der Waals surface area (Å²) in [4.78, 5) is 23.0. The molecule has 1 atom stereocenters. The van der Waals surface area contributed by atoms with Crippen molar-refractivity contribution in [1.82, 2.24) is 20.4 Å². The molecule has 0 spiro atoms. The molecular formula is C13H23N5O2. The Morgan fingerprint density at radius 3 is 2.55 bits per heavy atom. The Bertz CT molecular complexity index is 475. The van der Waals surface area contributed by atoms with Crippen molar-refractivity contribution in [3.8, 4) is 0 Å². The molecule has 1 aromatic heterocycles. The fourth-order valence-corrected chi connectivity index (χ4v) is 1.50. The number of carbonyl (C=O) groups excluding carboxylic acids is 2. The number of imide groups is 1. The molecule has 0 fully saturated rings. The van der Waals surface area contributed by atoms with E-state index in [-0.39, 0.29) is 11.4 Å². The van der Waals surface area contributed by atoms with E-state index < -0.39 is 12.1 Å². The first-order valence-electron chi connectivity index (χ1n) is 6.64. The highest BCUT2D eigenvalue weighted by atomic mass is 16.2. The molecule has 0 saturated carbocycles. The fraction of sp³-hybridized carbons (Fsp3) is 0.615. The minimum absolute atomic E-state index is 0.119. The molecule has 7 nitrogen and oxygen atoms in total. The number of hydrogen-bond donors (Lipinski definition) is 3. The van der Waals surface area contributed by atoms with Crippen LogP contribution in [0.15, 0.2) is 12.4 Å². The molecule has 1 rings (SSSR count). The van der Waals surface area contributed by atoms with Crippen LogP contribution >= 0.6 is 0 Å². The van der Waals surface area contributed by atoms with E-state index in [0.29, 0.717) is 6.54 Å². The van der Waals surface area contributed by atoms with Gasteiger partial charge >= 0.3 is 6.03 Å². The summed E-state index contributed by atoms with van der Waals surface area (Å²) in [6.07, 6.45) is 3.48. The zero-order valence-electron chi connectivity index (χ0n) is 12.7. The summed E-state index contributed by atoms with van der Waals surface area (Å²) < 4.78 is 1.81. The van der Waals surface area contributed by atoms with Gasteiger partial charge in [-0.2, -0.15) is 5.10 Å². The molecule has 0 aliphatic rings. The van der Waals surface area contributed by atoms with Crippen molar-refractivity contribution in [3.63, 3.8) is 0 Å². The topological polar surface area (TPSA) is 88.1 Å². The number of rotatable bonds is 4. The SMILES string of the molecule is CCNC(=O)NC(=O)[C@H](C)Nc1cnn(C(C)(C)C)c1. The second-order valence-electron chi connectivity index (χ2n) is 5.56. The Hall–Kier alpha value is -2.05. The standard InChI is InChI=1S/C13H23N5O2/c1-6-14-12(20)17-11(19)9(2)16-10-7-15-18(8-10)13(3,4)5/h7-9,16H,6H2,1-5H3,(H2,14,17,19,20)/t9-/m0/s1. The Morgan fingerprint density at radius 2 is 2.05 bits per heavy atom. The predicted molar refractivity (Wildman–Crippen MR) is 77.5 cm³/mol. The molecule has 0 aliphatic heterocycles. The molecule has 0 aromatic carbocycles. The fourth-order valence-electron chi connectivity index (χ4n) is 1.50. The molecule has 0 bridgehead atoms. The first-order chi connectivity index (χ1) is 9.24. The van der Waals surface area contributed by atoms with Gasteiger partial charge in [0.2, 0.25) is 5.91 Å². The van der Waals surface area contributed by atoms with Gasteiger partial charge in [-0.3, -0.25) is 14.8 Å². The van der Waals surface area contributed by atoms with Gasteiger partial charge in [-0.15, -0.1) is 0 Å². The van der Waals surface area contributed by atoms with E-state index in [1.807, 2.05) is 31.6 Å².